The first kappa shape index (κ1) is 28.4. The minimum Gasteiger partial charge on any atom is -0.461 e. The Morgan fingerprint density at radius 3 is 2.43 bits per heavy atom. The van der Waals surface area contributed by atoms with Gasteiger partial charge in [0.05, 0.1) is 17.4 Å². The summed E-state index contributed by atoms with van der Waals surface area (Å²) in [6, 6.07) is 17.3. The summed E-state index contributed by atoms with van der Waals surface area (Å²) in [6.07, 6.45) is 2.62. The molecule has 0 aliphatic heterocycles. The van der Waals surface area contributed by atoms with Gasteiger partial charge in [-0.3, -0.25) is 4.79 Å². The van der Waals surface area contributed by atoms with Crippen molar-refractivity contribution >= 4 is 39.1 Å². The standard InChI is InChI=1S/C23H20N2O5S2.C4H11N/c1-14-19(24-23(29-14)16-6-4-3-5-7-16)13-18-12-17-10-15(8-9-20(17)30-18)11-21(31-2)22(26)25-32(27)28;1-3-5-4-2/h3-10,12,21H,11,13H2,1-2H3;5H,3-4H2,1-2H3. The lowest BCUT2D eigenvalue weighted by atomic mass is 10.1. The van der Waals surface area contributed by atoms with Crippen LogP contribution in [0.2, 0.25) is 0 Å². The molecule has 2 heterocycles. The number of thioether (sulfide) groups is 1. The second-order valence-electron chi connectivity index (χ2n) is 8.18. The van der Waals surface area contributed by atoms with E-state index >= 15 is 0 Å². The number of hydrogen-bond donors (Lipinski definition) is 1. The van der Waals surface area contributed by atoms with E-state index in [4.69, 9.17) is 8.83 Å². The van der Waals surface area contributed by atoms with Crippen molar-refractivity contribution in [3.05, 3.63) is 77.4 Å². The van der Waals surface area contributed by atoms with E-state index < -0.39 is 21.7 Å². The topological polar surface area (TPSA) is 115 Å². The van der Waals surface area contributed by atoms with Crippen molar-refractivity contribution in [3.8, 4) is 11.5 Å². The van der Waals surface area contributed by atoms with Gasteiger partial charge in [-0.25, -0.2) is 4.98 Å². The lowest BCUT2D eigenvalue weighted by Gasteiger charge is -2.09. The normalized spacial score (nSPS) is 11.6. The van der Waals surface area contributed by atoms with E-state index in [-0.39, 0.29) is 0 Å². The Bertz CT molecular complexity index is 1450. The highest BCUT2D eigenvalue weighted by Gasteiger charge is 2.19. The number of carbonyl (C=O) groups is 1. The van der Waals surface area contributed by atoms with Crippen molar-refractivity contribution in [2.24, 2.45) is 4.36 Å². The van der Waals surface area contributed by atoms with Crippen LogP contribution in [-0.2, 0) is 28.1 Å². The van der Waals surface area contributed by atoms with Crippen LogP contribution in [-0.4, -0.2) is 43.9 Å². The summed E-state index contributed by atoms with van der Waals surface area (Å²) in [7, 11) is -2.74. The zero-order valence-corrected chi connectivity index (χ0v) is 23.0. The zero-order chi connectivity index (χ0) is 26.8. The van der Waals surface area contributed by atoms with Crippen LogP contribution in [0.25, 0.3) is 22.4 Å². The fourth-order valence-corrected chi connectivity index (χ4v) is 4.65. The average Bonchev–Trinajstić information content (AvgIpc) is 3.45. The fraction of sp³-hybridized carbons (Fsp3) is 0.333. The number of aromatic nitrogens is 1. The minimum absolute atomic E-state index is 0.375. The molecule has 4 aromatic rings. The molecule has 2 aromatic carbocycles. The molecule has 8 nitrogen and oxygen atoms in total. The summed E-state index contributed by atoms with van der Waals surface area (Å²) in [5.41, 5.74) is 3.35. The molecule has 37 heavy (non-hydrogen) atoms. The number of benzene rings is 2. The molecule has 10 heteroatoms. The molecule has 1 atom stereocenters. The molecule has 0 radical (unpaired) electrons. The van der Waals surface area contributed by atoms with E-state index in [0.717, 1.165) is 52.4 Å². The maximum atomic E-state index is 12.0. The Kier molecular flexibility index (Phi) is 10.7. The van der Waals surface area contributed by atoms with Crippen molar-refractivity contribution < 1.29 is 22.0 Å². The SMILES string of the molecule is CCNCC.CSC(Cc1ccc2oc(Cc3nc(-c4ccccc4)oc3C)cc2c1)C(=O)N=S(=O)=O. The maximum Gasteiger partial charge on any atom is 0.319 e. The molecule has 0 aliphatic rings. The van der Waals surface area contributed by atoms with Gasteiger partial charge in [-0.15, -0.1) is 0 Å². The van der Waals surface area contributed by atoms with Gasteiger partial charge in [0.15, 0.2) is 0 Å². The van der Waals surface area contributed by atoms with Crippen LogP contribution in [0.15, 0.2) is 67.8 Å². The molecule has 4 rings (SSSR count). The Hall–Kier alpha value is -3.21. The van der Waals surface area contributed by atoms with Crippen molar-refractivity contribution in [1.29, 1.82) is 0 Å². The Morgan fingerprint density at radius 1 is 1.08 bits per heavy atom. The number of amides is 1. The Labute approximate surface area is 222 Å². The molecular formula is C27H31N3O5S2. The molecule has 0 fully saturated rings. The molecular weight excluding hydrogens is 510 g/mol. The van der Waals surface area contributed by atoms with Gasteiger partial charge in [-0.2, -0.15) is 20.2 Å². The molecule has 2 aromatic heterocycles. The first-order valence-electron chi connectivity index (χ1n) is 12.0. The predicted octanol–water partition coefficient (Wildman–Crippen LogP) is 5.47. The van der Waals surface area contributed by atoms with Crippen molar-refractivity contribution in [3.63, 3.8) is 0 Å². The number of fused-ring (bicyclic) bond motifs is 1. The second-order valence-corrected chi connectivity index (χ2v) is 9.84. The lowest BCUT2D eigenvalue weighted by Crippen LogP contribution is -2.17. The van der Waals surface area contributed by atoms with Gasteiger partial charge in [0.1, 0.15) is 17.1 Å². The number of rotatable bonds is 9. The third-order valence-electron chi connectivity index (χ3n) is 5.53. The number of nitrogens with zero attached hydrogens (tertiary/aromatic N) is 2. The summed E-state index contributed by atoms with van der Waals surface area (Å²) in [4.78, 5) is 16.6. The number of aryl methyl sites for hydroxylation is 1. The first-order valence-corrected chi connectivity index (χ1v) is 14.3. The molecule has 0 aliphatic carbocycles. The minimum atomic E-state index is -2.74. The number of hydrogen-bond acceptors (Lipinski definition) is 8. The molecule has 1 amide bonds. The molecule has 0 bridgehead atoms. The summed E-state index contributed by atoms with van der Waals surface area (Å²) in [5, 5.41) is 3.45. The van der Waals surface area contributed by atoms with Gasteiger partial charge < -0.3 is 14.2 Å². The molecule has 0 saturated carbocycles. The predicted molar refractivity (Wildman–Crippen MR) is 147 cm³/mol. The molecule has 1 unspecified atom stereocenters. The first-order chi connectivity index (χ1) is 17.8. The smallest absolute Gasteiger partial charge is 0.319 e. The van der Waals surface area contributed by atoms with E-state index in [2.05, 4.69) is 28.5 Å². The van der Waals surface area contributed by atoms with Crippen molar-refractivity contribution in [2.45, 2.75) is 38.9 Å². The fourth-order valence-electron chi connectivity index (χ4n) is 3.69. The summed E-state index contributed by atoms with van der Waals surface area (Å²) < 4.78 is 36.3. The Balaban J connectivity index is 0.000000695. The zero-order valence-electron chi connectivity index (χ0n) is 21.4. The van der Waals surface area contributed by atoms with Gasteiger partial charge in [-0.05, 0) is 68.6 Å². The van der Waals surface area contributed by atoms with Crippen LogP contribution in [0.4, 0.5) is 0 Å². The van der Waals surface area contributed by atoms with Crippen molar-refractivity contribution in [2.75, 3.05) is 19.3 Å². The lowest BCUT2D eigenvalue weighted by molar-refractivity contribution is -0.117. The van der Waals surface area contributed by atoms with Crippen LogP contribution in [0.3, 0.4) is 0 Å². The van der Waals surface area contributed by atoms with Gasteiger partial charge >= 0.3 is 10.5 Å². The summed E-state index contributed by atoms with van der Waals surface area (Å²) in [5.74, 6) is 1.41. The third-order valence-corrected chi connectivity index (χ3v) is 6.80. The van der Waals surface area contributed by atoms with Gasteiger partial charge in [0.2, 0.25) is 5.89 Å². The summed E-state index contributed by atoms with van der Waals surface area (Å²) >= 11 is 1.27. The highest BCUT2D eigenvalue weighted by Crippen LogP contribution is 2.27. The average molecular weight is 542 g/mol. The highest BCUT2D eigenvalue weighted by molar-refractivity contribution is 7.99. The third kappa shape index (κ3) is 8.14. The quantitative estimate of drug-likeness (QED) is 0.297. The molecule has 0 spiro atoms. The van der Waals surface area contributed by atoms with Gasteiger partial charge in [0, 0.05) is 10.9 Å². The van der Waals surface area contributed by atoms with Crippen molar-refractivity contribution in [1.82, 2.24) is 10.3 Å². The van der Waals surface area contributed by atoms with E-state index in [9.17, 15) is 13.2 Å². The van der Waals surface area contributed by atoms with Gasteiger partial charge in [-0.1, -0.05) is 42.5 Å². The molecule has 1 N–H and O–H groups in total. The Morgan fingerprint density at radius 2 is 1.81 bits per heavy atom. The monoisotopic (exact) mass is 541 g/mol. The second kappa shape index (κ2) is 13.9. The molecule has 0 saturated heterocycles. The number of furan rings is 1. The van der Waals surface area contributed by atoms with E-state index in [1.807, 2.05) is 61.5 Å². The highest BCUT2D eigenvalue weighted by atomic mass is 32.2. The maximum absolute atomic E-state index is 12.0. The van der Waals surface area contributed by atoms with Crippen LogP contribution in [0.5, 0.6) is 0 Å². The van der Waals surface area contributed by atoms with Gasteiger partial charge in [0.25, 0.3) is 5.91 Å². The number of oxazole rings is 1. The van der Waals surface area contributed by atoms with Crippen LogP contribution in [0, 0.1) is 6.92 Å². The largest absolute Gasteiger partial charge is 0.461 e. The number of nitrogens with one attached hydrogen (secondary N) is 1. The van der Waals surface area contributed by atoms with E-state index in [1.165, 1.54) is 11.8 Å². The van der Waals surface area contributed by atoms with Crippen LogP contribution < -0.4 is 5.32 Å². The van der Waals surface area contributed by atoms with E-state index in [1.54, 1.807) is 6.26 Å². The summed E-state index contributed by atoms with van der Waals surface area (Å²) in [6.45, 7) is 8.27. The van der Waals surface area contributed by atoms with Crippen LogP contribution >= 0.6 is 11.8 Å². The van der Waals surface area contributed by atoms with E-state index in [0.29, 0.717) is 18.7 Å². The molecule has 196 valence electrons. The van der Waals surface area contributed by atoms with Crippen LogP contribution in [0.1, 0.15) is 36.6 Å². The number of carbonyl (C=O) groups excluding carboxylic acids is 1.